The Morgan fingerprint density at radius 3 is 2.63 bits per heavy atom. The van der Waals surface area contributed by atoms with Crippen molar-refractivity contribution < 1.29 is 0 Å². The van der Waals surface area contributed by atoms with E-state index in [1.807, 2.05) is 12.1 Å². The molecule has 0 bridgehead atoms. The third kappa shape index (κ3) is 8.42. The van der Waals surface area contributed by atoms with Crippen LogP contribution in [0.1, 0.15) is 19.8 Å². The van der Waals surface area contributed by atoms with Gasteiger partial charge in [0.1, 0.15) is 0 Å². The summed E-state index contributed by atoms with van der Waals surface area (Å²) in [6.07, 6.45) is 7.72. The maximum atomic E-state index is 4.79. The standard InChI is InChI=1S/C19H33N7.HI/c1-4-6-7-12-24(3)18(20-5-2)23-11-13-25-14-16-26(17-15-25)19-21-9-8-10-22-19;/h4,8-10H,1,5-7,11-17H2,2-3H3,(H,20,23);1H. The van der Waals surface area contributed by atoms with Gasteiger partial charge >= 0.3 is 0 Å². The number of rotatable bonds is 9. The zero-order valence-corrected chi connectivity index (χ0v) is 19.0. The van der Waals surface area contributed by atoms with E-state index in [4.69, 9.17) is 4.99 Å². The summed E-state index contributed by atoms with van der Waals surface area (Å²) >= 11 is 0. The van der Waals surface area contributed by atoms with Crippen LogP contribution in [-0.4, -0.2) is 85.1 Å². The molecule has 1 N–H and O–H groups in total. The summed E-state index contributed by atoms with van der Waals surface area (Å²) < 4.78 is 0. The summed E-state index contributed by atoms with van der Waals surface area (Å²) in [6.45, 7) is 13.6. The molecule has 8 heteroatoms. The van der Waals surface area contributed by atoms with Gasteiger partial charge in [-0.2, -0.15) is 0 Å². The van der Waals surface area contributed by atoms with E-state index >= 15 is 0 Å². The monoisotopic (exact) mass is 487 g/mol. The molecule has 0 radical (unpaired) electrons. The zero-order valence-electron chi connectivity index (χ0n) is 16.7. The summed E-state index contributed by atoms with van der Waals surface area (Å²) in [6, 6.07) is 1.86. The van der Waals surface area contributed by atoms with E-state index in [2.05, 4.69) is 50.5 Å². The Kier molecular flexibility index (Phi) is 12.0. The van der Waals surface area contributed by atoms with E-state index in [1.54, 1.807) is 12.4 Å². The van der Waals surface area contributed by atoms with E-state index < -0.39 is 0 Å². The first kappa shape index (κ1) is 23.6. The molecule has 2 rings (SSSR count). The van der Waals surface area contributed by atoms with E-state index in [0.29, 0.717) is 0 Å². The first-order valence-electron chi connectivity index (χ1n) is 9.59. The van der Waals surface area contributed by atoms with Crippen molar-refractivity contribution in [2.24, 2.45) is 4.99 Å². The van der Waals surface area contributed by atoms with Crippen molar-refractivity contribution in [2.75, 3.05) is 64.3 Å². The Morgan fingerprint density at radius 2 is 2.00 bits per heavy atom. The highest BCUT2D eigenvalue weighted by Crippen LogP contribution is 2.09. The van der Waals surface area contributed by atoms with Crippen LogP contribution in [0.3, 0.4) is 0 Å². The summed E-state index contributed by atoms with van der Waals surface area (Å²) in [7, 11) is 2.10. The Morgan fingerprint density at radius 1 is 1.30 bits per heavy atom. The molecule has 0 spiro atoms. The average Bonchev–Trinajstić information content (AvgIpc) is 2.68. The van der Waals surface area contributed by atoms with Crippen molar-refractivity contribution in [1.29, 1.82) is 0 Å². The topological polar surface area (TPSA) is 59.9 Å². The first-order valence-corrected chi connectivity index (χ1v) is 9.59. The van der Waals surface area contributed by atoms with Gasteiger partial charge in [-0.25, -0.2) is 9.97 Å². The average molecular weight is 487 g/mol. The SMILES string of the molecule is C=CCCCN(C)C(=NCCN1CCN(c2ncccn2)CC1)NCC.I. The van der Waals surface area contributed by atoms with E-state index in [-0.39, 0.29) is 24.0 Å². The van der Waals surface area contributed by atoms with Crippen LogP contribution in [0.2, 0.25) is 0 Å². The quantitative estimate of drug-likeness (QED) is 0.189. The van der Waals surface area contributed by atoms with Crippen molar-refractivity contribution >= 4 is 35.9 Å². The maximum absolute atomic E-state index is 4.79. The molecule has 0 amide bonds. The molecule has 1 aromatic heterocycles. The molecular weight excluding hydrogens is 453 g/mol. The molecule has 2 heterocycles. The minimum atomic E-state index is 0. The van der Waals surface area contributed by atoms with Gasteiger partial charge in [-0.05, 0) is 25.8 Å². The van der Waals surface area contributed by atoms with Crippen LogP contribution >= 0.6 is 24.0 Å². The number of aliphatic imine (C=N–C) groups is 1. The minimum Gasteiger partial charge on any atom is -0.357 e. The number of nitrogens with one attached hydrogen (secondary N) is 1. The van der Waals surface area contributed by atoms with Crippen LogP contribution in [0.4, 0.5) is 5.95 Å². The van der Waals surface area contributed by atoms with E-state index in [0.717, 1.165) is 77.1 Å². The van der Waals surface area contributed by atoms with Crippen molar-refractivity contribution in [1.82, 2.24) is 25.1 Å². The van der Waals surface area contributed by atoms with Crippen molar-refractivity contribution in [3.63, 3.8) is 0 Å². The second-order valence-corrected chi connectivity index (χ2v) is 6.47. The van der Waals surface area contributed by atoms with Crippen molar-refractivity contribution in [3.05, 3.63) is 31.1 Å². The molecule has 0 atom stereocenters. The summed E-state index contributed by atoms with van der Waals surface area (Å²) in [5.41, 5.74) is 0. The third-order valence-corrected chi connectivity index (χ3v) is 4.48. The summed E-state index contributed by atoms with van der Waals surface area (Å²) in [5, 5.41) is 3.38. The fourth-order valence-electron chi connectivity index (χ4n) is 2.97. The second kappa shape index (κ2) is 13.7. The van der Waals surface area contributed by atoms with E-state index in [9.17, 15) is 0 Å². The van der Waals surface area contributed by atoms with Gasteiger partial charge in [0.25, 0.3) is 0 Å². The van der Waals surface area contributed by atoms with Gasteiger partial charge in [0.15, 0.2) is 5.96 Å². The number of anilines is 1. The number of aromatic nitrogens is 2. The van der Waals surface area contributed by atoms with Crippen LogP contribution in [-0.2, 0) is 0 Å². The van der Waals surface area contributed by atoms with Gasteiger partial charge in [0.2, 0.25) is 5.95 Å². The highest BCUT2D eigenvalue weighted by atomic mass is 127. The molecule has 0 unspecified atom stereocenters. The largest absolute Gasteiger partial charge is 0.357 e. The van der Waals surface area contributed by atoms with Gasteiger partial charge < -0.3 is 15.1 Å². The molecule has 1 saturated heterocycles. The Hall–Kier alpha value is -1.42. The lowest BCUT2D eigenvalue weighted by atomic mass is 10.3. The molecule has 1 aliphatic rings. The number of unbranched alkanes of at least 4 members (excludes halogenated alkanes) is 1. The van der Waals surface area contributed by atoms with Crippen molar-refractivity contribution in [3.8, 4) is 0 Å². The summed E-state index contributed by atoms with van der Waals surface area (Å²) in [4.78, 5) is 20.4. The van der Waals surface area contributed by atoms with Crippen LogP contribution in [0.25, 0.3) is 0 Å². The third-order valence-electron chi connectivity index (χ3n) is 4.48. The molecule has 7 nitrogen and oxygen atoms in total. The fourth-order valence-corrected chi connectivity index (χ4v) is 2.97. The first-order chi connectivity index (χ1) is 12.7. The molecule has 1 aromatic rings. The molecule has 0 aromatic carbocycles. The number of halogens is 1. The molecule has 152 valence electrons. The Balaban J connectivity index is 0.00000364. The molecule has 0 aliphatic carbocycles. The predicted molar refractivity (Wildman–Crippen MR) is 124 cm³/mol. The Bertz CT molecular complexity index is 544. The number of hydrogen-bond acceptors (Lipinski definition) is 5. The number of piperazine rings is 1. The smallest absolute Gasteiger partial charge is 0.225 e. The molecule has 1 aliphatic heterocycles. The molecule has 1 fully saturated rings. The van der Waals surface area contributed by atoms with Gasteiger partial charge in [-0.1, -0.05) is 6.08 Å². The van der Waals surface area contributed by atoms with Crippen LogP contribution in [0, 0.1) is 0 Å². The Labute approximate surface area is 181 Å². The van der Waals surface area contributed by atoms with Crippen molar-refractivity contribution in [2.45, 2.75) is 19.8 Å². The van der Waals surface area contributed by atoms with Crippen LogP contribution in [0.5, 0.6) is 0 Å². The van der Waals surface area contributed by atoms with Gasteiger partial charge in [0, 0.05) is 65.3 Å². The lowest BCUT2D eigenvalue weighted by Crippen LogP contribution is -2.48. The van der Waals surface area contributed by atoms with Crippen LogP contribution in [0.15, 0.2) is 36.1 Å². The zero-order chi connectivity index (χ0) is 18.6. The fraction of sp³-hybridized carbons (Fsp3) is 0.632. The number of hydrogen-bond donors (Lipinski definition) is 1. The molecule has 27 heavy (non-hydrogen) atoms. The number of allylic oxidation sites excluding steroid dienone is 1. The lowest BCUT2D eigenvalue weighted by Gasteiger charge is -2.34. The highest BCUT2D eigenvalue weighted by molar-refractivity contribution is 14.0. The summed E-state index contributed by atoms with van der Waals surface area (Å²) in [5.74, 6) is 1.83. The lowest BCUT2D eigenvalue weighted by molar-refractivity contribution is 0.263. The number of guanidine groups is 1. The normalized spacial score (nSPS) is 15.2. The van der Waals surface area contributed by atoms with Gasteiger partial charge in [-0.15, -0.1) is 30.6 Å². The molecule has 0 saturated carbocycles. The highest BCUT2D eigenvalue weighted by Gasteiger charge is 2.18. The van der Waals surface area contributed by atoms with E-state index in [1.165, 1.54) is 0 Å². The second-order valence-electron chi connectivity index (χ2n) is 6.47. The molecular formula is C19H34IN7. The predicted octanol–water partition coefficient (Wildman–Crippen LogP) is 2.08. The van der Waals surface area contributed by atoms with Gasteiger partial charge in [0.05, 0.1) is 6.54 Å². The van der Waals surface area contributed by atoms with Crippen LogP contribution < -0.4 is 10.2 Å². The maximum Gasteiger partial charge on any atom is 0.225 e. The minimum absolute atomic E-state index is 0. The van der Waals surface area contributed by atoms with Gasteiger partial charge in [-0.3, -0.25) is 9.89 Å². The number of nitrogens with zero attached hydrogens (tertiary/aromatic N) is 6.